The molecule has 1 aliphatic rings. The molecule has 1 rings (SSSR count). The van der Waals surface area contributed by atoms with E-state index in [0.29, 0.717) is 13.2 Å². The molecule has 1 atom stereocenters. The number of nitrogens with zero attached hydrogens (tertiary/aromatic N) is 2. The monoisotopic (exact) mass is 266 g/mol. The maximum absolute atomic E-state index is 12.1. The molecule has 0 aliphatic carbocycles. The molecule has 1 aliphatic heterocycles. The zero-order valence-corrected chi connectivity index (χ0v) is 10.8. The lowest BCUT2D eigenvalue weighted by Crippen LogP contribution is -2.52. The molecule has 0 amide bonds. The topological polar surface area (TPSA) is 87.2 Å². The van der Waals surface area contributed by atoms with Crippen LogP contribution in [-0.4, -0.2) is 67.5 Å². The number of rotatable bonds is 5. The van der Waals surface area contributed by atoms with Gasteiger partial charge in [-0.3, -0.25) is 4.79 Å². The van der Waals surface area contributed by atoms with Gasteiger partial charge in [0.05, 0.1) is 13.2 Å². The second-order valence-corrected chi connectivity index (χ2v) is 5.79. The number of hydrogen-bond donors (Lipinski definition) is 1. The van der Waals surface area contributed by atoms with Crippen LogP contribution in [0.3, 0.4) is 0 Å². The minimum Gasteiger partial charge on any atom is -0.480 e. The third kappa shape index (κ3) is 3.15. The number of carboxylic acids is 1. The summed E-state index contributed by atoms with van der Waals surface area (Å²) in [5.41, 5.74) is 0. The highest BCUT2D eigenvalue weighted by Crippen LogP contribution is 2.14. The van der Waals surface area contributed by atoms with Gasteiger partial charge in [0.1, 0.15) is 6.04 Å². The molecule has 1 saturated heterocycles. The van der Waals surface area contributed by atoms with E-state index >= 15 is 0 Å². The Bertz CT molecular complexity index is 364. The third-order valence-electron chi connectivity index (χ3n) is 2.77. The first-order valence-corrected chi connectivity index (χ1v) is 6.84. The van der Waals surface area contributed by atoms with Crippen LogP contribution in [0.25, 0.3) is 0 Å². The van der Waals surface area contributed by atoms with Gasteiger partial charge in [-0.15, -0.1) is 0 Å². The maximum Gasteiger partial charge on any atom is 0.322 e. The van der Waals surface area contributed by atoms with Crippen molar-refractivity contribution in [1.82, 2.24) is 8.61 Å². The Labute approximate surface area is 101 Å². The zero-order valence-electron chi connectivity index (χ0n) is 10.00. The smallest absolute Gasteiger partial charge is 0.322 e. The van der Waals surface area contributed by atoms with Crippen LogP contribution in [0.2, 0.25) is 0 Å². The molecule has 0 aromatic rings. The van der Waals surface area contributed by atoms with Crippen molar-refractivity contribution in [3.63, 3.8) is 0 Å². The first-order valence-electron chi connectivity index (χ1n) is 5.45. The van der Waals surface area contributed by atoms with E-state index in [1.165, 1.54) is 11.4 Å². The van der Waals surface area contributed by atoms with E-state index in [0.717, 1.165) is 4.31 Å². The summed E-state index contributed by atoms with van der Waals surface area (Å²) < 4.78 is 31.5. The van der Waals surface area contributed by atoms with Crippen LogP contribution in [-0.2, 0) is 19.7 Å². The van der Waals surface area contributed by atoms with E-state index in [4.69, 9.17) is 9.84 Å². The molecule has 17 heavy (non-hydrogen) atoms. The Balaban J connectivity index is 2.84. The van der Waals surface area contributed by atoms with Crippen LogP contribution in [0, 0.1) is 0 Å². The number of aliphatic carboxylic acids is 1. The van der Waals surface area contributed by atoms with Crippen molar-refractivity contribution >= 4 is 16.2 Å². The van der Waals surface area contributed by atoms with Crippen LogP contribution in [0.4, 0.5) is 0 Å². The summed E-state index contributed by atoms with van der Waals surface area (Å²) in [4.78, 5) is 11.0. The van der Waals surface area contributed by atoms with E-state index in [1.807, 2.05) is 0 Å². The van der Waals surface area contributed by atoms with Gasteiger partial charge < -0.3 is 9.84 Å². The standard InChI is InChI=1S/C9H18N2O5S/c1-3-8(9(12)13)10(2)17(14,15)11-4-6-16-7-5-11/h8H,3-7H2,1-2H3,(H,12,13). The van der Waals surface area contributed by atoms with Crippen molar-refractivity contribution in [1.29, 1.82) is 0 Å². The maximum atomic E-state index is 12.1. The predicted octanol–water partition coefficient (Wildman–Crippen LogP) is -0.642. The molecule has 0 radical (unpaired) electrons. The highest BCUT2D eigenvalue weighted by atomic mass is 32.2. The number of likely N-dealkylation sites (N-methyl/N-ethyl adjacent to an activating group) is 1. The Morgan fingerprint density at radius 3 is 2.41 bits per heavy atom. The largest absolute Gasteiger partial charge is 0.480 e. The SMILES string of the molecule is CCC(C(=O)O)N(C)S(=O)(=O)N1CCOCC1. The highest BCUT2D eigenvalue weighted by Gasteiger charge is 2.35. The van der Waals surface area contributed by atoms with Gasteiger partial charge in [-0.05, 0) is 6.42 Å². The Kier molecular flexibility index (Phi) is 4.87. The summed E-state index contributed by atoms with van der Waals surface area (Å²) in [5, 5.41) is 8.96. The molecule has 0 saturated carbocycles. The molecule has 1 heterocycles. The summed E-state index contributed by atoms with van der Waals surface area (Å²) in [6, 6.07) is -1.03. The number of carbonyl (C=O) groups is 1. The van der Waals surface area contributed by atoms with Crippen molar-refractivity contribution < 1.29 is 23.1 Å². The zero-order chi connectivity index (χ0) is 13.1. The van der Waals surface area contributed by atoms with Gasteiger partial charge in [-0.2, -0.15) is 17.0 Å². The first-order chi connectivity index (χ1) is 7.91. The molecule has 0 bridgehead atoms. The summed E-state index contributed by atoms with van der Waals surface area (Å²) >= 11 is 0. The van der Waals surface area contributed by atoms with Crippen molar-refractivity contribution in [2.24, 2.45) is 0 Å². The molecule has 8 heteroatoms. The lowest BCUT2D eigenvalue weighted by atomic mass is 10.2. The molecule has 1 unspecified atom stereocenters. The Morgan fingerprint density at radius 2 is 2.00 bits per heavy atom. The van der Waals surface area contributed by atoms with Gasteiger partial charge in [0.2, 0.25) is 0 Å². The molecule has 0 aromatic heterocycles. The molecule has 1 N–H and O–H groups in total. The normalized spacial score (nSPS) is 20.4. The molecule has 7 nitrogen and oxygen atoms in total. The lowest BCUT2D eigenvalue weighted by Gasteiger charge is -2.32. The molecule has 100 valence electrons. The number of morpholine rings is 1. The summed E-state index contributed by atoms with van der Waals surface area (Å²) in [6.45, 7) is 2.86. The fraction of sp³-hybridized carbons (Fsp3) is 0.889. The third-order valence-corrected chi connectivity index (χ3v) is 4.77. The molecule has 0 aromatic carbocycles. The molecular formula is C9H18N2O5S. The average Bonchev–Trinajstić information content (AvgIpc) is 2.30. The van der Waals surface area contributed by atoms with E-state index in [-0.39, 0.29) is 19.5 Å². The predicted molar refractivity (Wildman–Crippen MR) is 60.8 cm³/mol. The molecule has 1 fully saturated rings. The van der Waals surface area contributed by atoms with Crippen LogP contribution >= 0.6 is 0 Å². The van der Waals surface area contributed by atoms with Crippen LogP contribution in [0.1, 0.15) is 13.3 Å². The van der Waals surface area contributed by atoms with E-state index in [9.17, 15) is 13.2 Å². The Morgan fingerprint density at radius 1 is 1.47 bits per heavy atom. The van der Waals surface area contributed by atoms with Crippen LogP contribution < -0.4 is 0 Å². The minimum absolute atomic E-state index is 0.232. The van der Waals surface area contributed by atoms with E-state index < -0.39 is 22.2 Å². The van der Waals surface area contributed by atoms with E-state index in [1.54, 1.807) is 6.92 Å². The minimum atomic E-state index is -3.71. The van der Waals surface area contributed by atoms with Gasteiger partial charge in [-0.25, -0.2) is 0 Å². The van der Waals surface area contributed by atoms with Crippen LogP contribution in [0.5, 0.6) is 0 Å². The van der Waals surface area contributed by atoms with Gasteiger partial charge in [0.25, 0.3) is 10.2 Å². The second-order valence-electron chi connectivity index (χ2n) is 3.80. The van der Waals surface area contributed by atoms with Crippen molar-refractivity contribution in [2.45, 2.75) is 19.4 Å². The Hall–Kier alpha value is -0.700. The van der Waals surface area contributed by atoms with Crippen molar-refractivity contribution in [3.8, 4) is 0 Å². The van der Waals surface area contributed by atoms with Crippen molar-refractivity contribution in [3.05, 3.63) is 0 Å². The van der Waals surface area contributed by atoms with E-state index in [2.05, 4.69) is 0 Å². The van der Waals surface area contributed by atoms with Crippen molar-refractivity contribution in [2.75, 3.05) is 33.4 Å². The summed E-state index contributed by atoms with van der Waals surface area (Å²) in [7, 11) is -2.41. The summed E-state index contributed by atoms with van der Waals surface area (Å²) in [5.74, 6) is -1.13. The first kappa shape index (κ1) is 14.4. The average molecular weight is 266 g/mol. The lowest BCUT2D eigenvalue weighted by molar-refractivity contribution is -0.141. The summed E-state index contributed by atoms with van der Waals surface area (Å²) in [6.07, 6.45) is 0.232. The van der Waals surface area contributed by atoms with Gasteiger partial charge >= 0.3 is 5.97 Å². The number of ether oxygens (including phenoxy) is 1. The highest BCUT2D eigenvalue weighted by molar-refractivity contribution is 7.86. The number of carboxylic acid groups (broad SMARTS) is 1. The fourth-order valence-corrected chi connectivity index (χ4v) is 3.24. The fourth-order valence-electron chi connectivity index (χ4n) is 1.71. The van der Waals surface area contributed by atoms with Gasteiger partial charge in [0.15, 0.2) is 0 Å². The van der Waals surface area contributed by atoms with Crippen LogP contribution in [0.15, 0.2) is 0 Å². The number of hydrogen-bond acceptors (Lipinski definition) is 4. The van der Waals surface area contributed by atoms with Gasteiger partial charge in [-0.1, -0.05) is 6.92 Å². The quantitative estimate of drug-likeness (QED) is 0.715. The molecular weight excluding hydrogens is 248 g/mol. The second kappa shape index (κ2) is 5.76. The van der Waals surface area contributed by atoms with Gasteiger partial charge in [0, 0.05) is 20.1 Å². The molecule has 0 spiro atoms.